The van der Waals surface area contributed by atoms with Gasteiger partial charge in [0.1, 0.15) is 0 Å². The smallest absolute Gasteiger partial charge is 0.433 e. The molecule has 3 N–H and O–H groups in total. The summed E-state index contributed by atoms with van der Waals surface area (Å²) in [5.74, 6) is -2.84. The Morgan fingerprint density at radius 3 is 2.11 bits per heavy atom. The first-order chi connectivity index (χ1) is 17.5. The summed E-state index contributed by atoms with van der Waals surface area (Å²) in [7, 11) is 0. The van der Waals surface area contributed by atoms with Gasteiger partial charge in [-0.05, 0) is 49.1 Å². The molecule has 1 saturated carbocycles. The molecule has 1 aliphatic carbocycles. The second kappa shape index (κ2) is 13.0. The number of alkyl halides is 3. The van der Waals surface area contributed by atoms with Crippen LogP contribution >= 0.6 is 23.2 Å². The minimum Gasteiger partial charge on any atom is -0.481 e. The Labute approximate surface area is 229 Å². The molecule has 1 aromatic rings. The van der Waals surface area contributed by atoms with Crippen LogP contribution < -0.4 is 5.73 Å². The fourth-order valence-corrected chi connectivity index (χ4v) is 5.02. The summed E-state index contributed by atoms with van der Waals surface area (Å²) in [6.07, 6.45) is -3.18. The Morgan fingerprint density at radius 1 is 1.11 bits per heavy atom. The van der Waals surface area contributed by atoms with Crippen molar-refractivity contribution in [2.75, 3.05) is 13.1 Å². The van der Waals surface area contributed by atoms with Crippen LogP contribution in [0, 0.1) is 11.3 Å². The molecule has 0 unspecified atom stereocenters. The molecule has 7 nitrogen and oxygen atoms in total. The molecule has 0 aromatic heterocycles. The Hall–Kier alpha value is -2.59. The number of carbonyl (C=O) groups is 3. The highest BCUT2D eigenvalue weighted by Crippen LogP contribution is 2.32. The maximum absolute atomic E-state index is 14.2. The molecule has 2 rings (SSSR count). The van der Waals surface area contributed by atoms with Crippen molar-refractivity contribution in [3.63, 3.8) is 0 Å². The number of rotatable bonds is 9. The molecule has 0 radical (unpaired) electrons. The molecule has 0 atom stereocenters. The van der Waals surface area contributed by atoms with Gasteiger partial charge in [-0.2, -0.15) is 13.2 Å². The van der Waals surface area contributed by atoms with Crippen molar-refractivity contribution in [1.29, 1.82) is 0 Å². The van der Waals surface area contributed by atoms with Crippen molar-refractivity contribution >= 4 is 46.6 Å². The van der Waals surface area contributed by atoms with E-state index in [-0.39, 0.29) is 47.3 Å². The van der Waals surface area contributed by atoms with Gasteiger partial charge in [-0.3, -0.25) is 19.4 Å². The number of amides is 1. The van der Waals surface area contributed by atoms with Gasteiger partial charge in [0.05, 0.1) is 33.8 Å². The Morgan fingerprint density at radius 2 is 1.66 bits per heavy atom. The number of ketones is 1. The first-order valence-electron chi connectivity index (χ1n) is 12.1. The van der Waals surface area contributed by atoms with Gasteiger partial charge in [0.15, 0.2) is 11.5 Å². The Balaban J connectivity index is 2.39. The number of halogens is 5. The van der Waals surface area contributed by atoms with Crippen LogP contribution in [0.2, 0.25) is 10.0 Å². The summed E-state index contributed by atoms with van der Waals surface area (Å²) in [5, 5.41) is 9.07. The first-order valence-corrected chi connectivity index (χ1v) is 12.8. The number of benzene rings is 1. The van der Waals surface area contributed by atoms with E-state index in [9.17, 15) is 27.6 Å². The number of carboxylic acids is 1. The molecule has 1 amide bonds. The zero-order chi connectivity index (χ0) is 28.8. The normalized spacial score (nSPS) is 19.3. The van der Waals surface area contributed by atoms with Gasteiger partial charge in [-0.25, -0.2) is 0 Å². The predicted molar refractivity (Wildman–Crippen MR) is 141 cm³/mol. The highest BCUT2D eigenvalue weighted by Gasteiger charge is 2.43. The number of hydrogen-bond donors (Lipinski definition) is 2. The third kappa shape index (κ3) is 9.01. The predicted octanol–water partition coefficient (Wildman–Crippen LogP) is 5.93. The zero-order valence-electron chi connectivity index (χ0n) is 21.4. The lowest BCUT2D eigenvalue weighted by atomic mass is 9.84. The molecule has 0 bridgehead atoms. The van der Waals surface area contributed by atoms with Gasteiger partial charge >= 0.3 is 12.1 Å². The number of hydrogen-bond acceptors (Lipinski definition) is 5. The SMILES string of the molecule is CC(C)(C)CN(CC(=O)c1c(Cl)cccc1Cl)C(=O)C(=CN)C(=NC1CCC(CC(=O)O)CC1)C(F)(F)F. The number of Topliss-reactive ketones (excluding diaryl/α,β-unsaturated/α-hetero) is 1. The van der Waals surface area contributed by atoms with Crippen LogP contribution in [0.5, 0.6) is 0 Å². The standard InChI is InChI=1S/C26H32Cl2F3N3O4/c1-25(2,3)14-34(13-20(35)22-18(27)5-4-6-19(22)28)24(38)17(12-32)23(26(29,30)31)33-16-9-7-15(8-10-16)11-21(36)37/h4-6,12,15-16H,7-11,13-14,32H2,1-3H3,(H,36,37). The first kappa shape index (κ1) is 31.6. The topological polar surface area (TPSA) is 113 Å². The summed E-state index contributed by atoms with van der Waals surface area (Å²) in [4.78, 5) is 42.4. The molecular weight excluding hydrogens is 546 g/mol. The average molecular weight is 578 g/mol. The van der Waals surface area contributed by atoms with Crippen LogP contribution in [-0.4, -0.2) is 58.7 Å². The van der Waals surface area contributed by atoms with Gasteiger partial charge in [-0.15, -0.1) is 0 Å². The van der Waals surface area contributed by atoms with Gasteiger partial charge < -0.3 is 15.7 Å². The van der Waals surface area contributed by atoms with E-state index < -0.39 is 53.1 Å². The van der Waals surface area contributed by atoms with Crippen LogP contribution in [-0.2, 0) is 9.59 Å². The number of carbonyl (C=O) groups excluding carboxylic acids is 2. The average Bonchev–Trinajstić information content (AvgIpc) is 2.77. The highest BCUT2D eigenvalue weighted by atomic mass is 35.5. The number of aliphatic imine (C=N–C) groups is 1. The molecule has 1 aliphatic rings. The van der Waals surface area contributed by atoms with Crippen molar-refractivity contribution in [1.82, 2.24) is 4.90 Å². The lowest BCUT2D eigenvalue weighted by molar-refractivity contribution is -0.138. The molecule has 38 heavy (non-hydrogen) atoms. The van der Waals surface area contributed by atoms with Gasteiger partial charge in [-0.1, -0.05) is 50.0 Å². The summed E-state index contributed by atoms with van der Waals surface area (Å²) in [5.41, 5.74) is 2.65. The number of nitrogens with two attached hydrogens (primary N) is 1. The molecule has 210 valence electrons. The Bertz CT molecular complexity index is 1090. The van der Waals surface area contributed by atoms with Crippen LogP contribution in [0.25, 0.3) is 0 Å². The van der Waals surface area contributed by atoms with E-state index in [1.54, 1.807) is 20.8 Å². The van der Waals surface area contributed by atoms with Crippen molar-refractivity contribution in [3.8, 4) is 0 Å². The zero-order valence-corrected chi connectivity index (χ0v) is 23.0. The minimum atomic E-state index is -5.00. The molecule has 0 spiro atoms. The largest absolute Gasteiger partial charge is 0.481 e. The van der Waals surface area contributed by atoms with Crippen molar-refractivity contribution in [3.05, 3.63) is 45.6 Å². The van der Waals surface area contributed by atoms with Crippen molar-refractivity contribution < 1.29 is 32.7 Å². The Kier molecular flexibility index (Phi) is 10.8. The summed E-state index contributed by atoms with van der Waals surface area (Å²) in [6, 6.07) is 3.68. The lowest BCUT2D eigenvalue weighted by Gasteiger charge is -2.31. The second-order valence-corrected chi connectivity index (χ2v) is 11.4. The lowest BCUT2D eigenvalue weighted by Crippen LogP contribution is -2.45. The molecule has 0 saturated heterocycles. The van der Waals surface area contributed by atoms with Crippen LogP contribution in [0.1, 0.15) is 63.2 Å². The summed E-state index contributed by atoms with van der Waals surface area (Å²) >= 11 is 12.3. The van der Waals surface area contributed by atoms with E-state index in [1.807, 2.05) is 0 Å². The molecule has 0 heterocycles. The summed E-state index contributed by atoms with van der Waals surface area (Å²) < 4.78 is 42.5. The van der Waals surface area contributed by atoms with E-state index >= 15 is 0 Å². The van der Waals surface area contributed by atoms with E-state index in [1.165, 1.54) is 18.2 Å². The maximum Gasteiger partial charge on any atom is 0.433 e. The fraction of sp³-hybridized carbons (Fsp3) is 0.538. The quantitative estimate of drug-likeness (QED) is 0.214. The van der Waals surface area contributed by atoms with Gasteiger partial charge in [0.25, 0.3) is 5.91 Å². The third-order valence-electron chi connectivity index (χ3n) is 6.04. The number of aliphatic carboxylic acids is 1. The van der Waals surface area contributed by atoms with Gasteiger partial charge in [0.2, 0.25) is 0 Å². The van der Waals surface area contributed by atoms with Gasteiger partial charge in [0, 0.05) is 19.2 Å². The molecule has 12 heteroatoms. The van der Waals surface area contributed by atoms with Crippen LogP contribution in [0.4, 0.5) is 13.2 Å². The molecule has 0 aliphatic heterocycles. The maximum atomic E-state index is 14.2. The van der Waals surface area contributed by atoms with E-state index in [4.69, 9.17) is 34.0 Å². The fourth-order valence-electron chi connectivity index (χ4n) is 4.41. The monoisotopic (exact) mass is 577 g/mol. The van der Waals surface area contributed by atoms with Crippen LogP contribution in [0.15, 0.2) is 35.0 Å². The highest BCUT2D eigenvalue weighted by molar-refractivity contribution is 6.40. The second-order valence-electron chi connectivity index (χ2n) is 10.6. The third-order valence-corrected chi connectivity index (χ3v) is 6.67. The van der Waals surface area contributed by atoms with Crippen molar-refractivity contribution in [2.24, 2.45) is 22.1 Å². The number of carboxylic acid groups (broad SMARTS) is 1. The minimum absolute atomic E-state index is 0.0383. The van der Waals surface area contributed by atoms with Crippen LogP contribution in [0.3, 0.4) is 0 Å². The summed E-state index contributed by atoms with van der Waals surface area (Å²) in [6.45, 7) is 4.64. The molecular formula is C26H32Cl2F3N3O4. The molecule has 1 aromatic carbocycles. The van der Waals surface area contributed by atoms with E-state index in [0.29, 0.717) is 19.0 Å². The number of nitrogens with zero attached hydrogens (tertiary/aromatic N) is 2. The van der Waals surface area contributed by atoms with Crippen molar-refractivity contribution in [2.45, 2.75) is 65.1 Å². The van der Waals surface area contributed by atoms with E-state index in [2.05, 4.69) is 4.99 Å². The molecule has 1 fully saturated rings. The van der Waals surface area contributed by atoms with E-state index in [0.717, 1.165) is 4.90 Å².